The summed E-state index contributed by atoms with van der Waals surface area (Å²) in [6.07, 6.45) is 0.488. The molecule has 0 saturated carbocycles. The van der Waals surface area contributed by atoms with Gasteiger partial charge >= 0.3 is 0 Å². The molecule has 0 spiro atoms. The molecule has 5 heteroatoms. The molecular weight excluding hydrogens is 304 g/mol. The van der Waals surface area contributed by atoms with Crippen LogP contribution in [0.2, 0.25) is 0 Å². The highest BCUT2D eigenvalue weighted by molar-refractivity contribution is 9.10. The number of halogens is 2. The molecule has 17 heavy (non-hydrogen) atoms. The Kier molecular flexibility index (Phi) is 3.70. The van der Waals surface area contributed by atoms with Crippen LogP contribution in [0.4, 0.5) is 5.69 Å². The Morgan fingerprint density at radius 2 is 2.35 bits per heavy atom. The maximum atomic E-state index is 11.8. The van der Waals surface area contributed by atoms with E-state index < -0.39 is 0 Å². The van der Waals surface area contributed by atoms with Crippen LogP contribution in [0.15, 0.2) is 22.7 Å². The van der Waals surface area contributed by atoms with E-state index in [0.717, 1.165) is 10.2 Å². The third-order valence-corrected chi connectivity index (χ3v) is 3.93. The topological polar surface area (TPSA) is 44.1 Å². The summed E-state index contributed by atoms with van der Waals surface area (Å²) in [5, 5.41) is 8.95. The van der Waals surface area contributed by atoms with E-state index in [9.17, 15) is 4.79 Å². The van der Waals surface area contributed by atoms with E-state index in [1.54, 1.807) is 17.0 Å². The predicted octanol–water partition coefficient (Wildman–Crippen LogP) is 2.91. The summed E-state index contributed by atoms with van der Waals surface area (Å²) in [6.45, 7) is 0.634. The fraction of sp³-hybridized carbons (Fsp3) is 0.333. The van der Waals surface area contributed by atoms with Gasteiger partial charge in [-0.1, -0.05) is 0 Å². The van der Waals surface area contributed by atoms with E-state index in [-0.39, 0.29) is 11.8 Å². The Morgan fingerprint density at radius 1 is 1.59 bits per heavy atom. The first-order valence-corrected chi connectivity index (χ1v) is 6.54. The van der Waals surface area contributed by atoms with Crippen molar-refractivity contribution in [2.75, 3.05) is 17.3 Å². The molecule has 1 aliphatic heterocycles. The molecule has 0 aromatic heterocycles. The first-order chi connectivity index (χ1) is 8.15. The zero-order valence-electron chi connectivity index (χ0n) is 8.99. The van der Waals surface area contributed by atoms with Crippen molar-refractivity contribution in [3.05, 3.63) is 28.2 Å². The second-order valence-electron chi connectivity index (χ2n) is 4.00. The summed E-state index contributed by atoms with van der Waals surface area (Å²) in [5.74, 6) is 0.768. The molecule has 1 fully saturated rings. The number of hydrogen-bond donors (Lipinski definition) is 0. The van der Waals surface area contributed by atoms with Gasteiger partial charge in [-0.2, -0.15) is 5.26 Å². The average molecular weight is 314 g/mol. The lowest BCUT2D eigenvalue weighted by molar-refractivity contribution is -0.117. The molecule has 1 unspecified atom stereocenters. The smallest absolute Gasteiger partial charge is 0.227 e. The number of nitriles is 1. The average Bonchev–Trinajstić information content (AvgIpc) is 2.71. The van der Waals surface area contributed by atoms with Gasteiger partial charge in [-0.3, -0.25) is 4.79 Å². The van der Waals surface area contributed by atoms with Crippen LogP contribution in [0, 0.1) is 17.2 Å². The number of rotatable bonds is 2. The number of carbonyl (C=O) groups excluding carboxylic acids is 1. The molecule has 1 amide bonds. The van der Waals surface area contributed by atoms with Crippen molar-refractivity contribution in [1.82, 2.24) is 0 Å². The van der Waals surface area contributed by atoms with Crippen molar-refractivity contribution in [1.29, 1.82) is 5.26 Å². The zero-order chi connectivity index (χ0) is 12.4. The fourth-order valence-electron chi connectivity index (χ4n) is 1.90. The van der Waals surface area contributed by atoms with Crippen LogP contribution in [-0.4, -0.2) is 18.3 Å². The van der Waals surface area contributed by atoms with Gasteiger partial charge in [-0.05, 0) is 40.0 Å². The Hall–Kier alpha value is -1.05. The van der Waals surface area contributed by atoms with Crippen molar-refractivity contribution in [2.45, 2.75) is 6.42 Å². The standard InChI is InChI=1S/C12H10BrClN2O/c13-11-2-1-10(4-9(11)6-15)16-7-8(5-14)3-12(16)17/h1-2,4,8H,3,5,7H2. The van der Waals surface area contributed by atoms with E-state index in [4.69, 9.17) is 16.9 Å². The number of carbonyl (C=O) groups is 1. The van der Waals surface area contributed by atoms with Crippen LogP contribution in [0.5, 0.6) is 0 Å². The molecule has 0 radical (unpaired) electrons. The first kappa shape index (κ1) is 12.4. The number of amides is 1. The monoisotopic (exact) mass is 312 g/mol. The summed E-state index contributed by atoms with van der Waals surface area (Å²) in [7, 11) is 0. The van der Waals surface area contributed by atoms with Gasteiger partial charge in [0.25, 0.3) is 0 Å². The van der Waals surface area contributed by atoms with Gasteiger partial charge in [0.2, 0.25) is 5.91 Å². The minimum absolute atomic E-state index is 0.0712. The van der Waals surface area contributed by atoms with E-state index in [0.29, 0.717) is 24.4 Å². The summed E-state index contributed by atoms with van der Waals surface area (Å²) in [6, 6.07) is 7.43. The lowest BCUT2D eigenvalue weighted by Crippen LogP contribution is -2.24. The molecule has 0 bridgehead atoms. The molecule has 88 valence electrons. The predicted molar refractivity (Wildman–Crippen MR) is 70.0 cm³/mol. The van der Waals surface area contributed by atoms with Crippen molar-refractivity contribution in [3.63, 3.8) is 0 Å². The second kappa shape index (κ2) is 5.07. The highest BCUT2D eigenvalue weighted by Gasteiger charge is 2.30. The Balaban J connectivity index is 2.30. The molecule has 1 atom stereocenters. The van der Waals surface area contributed by atoms with Gasteiger partial charge in [0.15, 0.2) is 0 Å². The molecular formula is C12H10BrClN2O. The Morgan fingerprint density at radius 3 is 2.94 bits per heavy atom. The fourth-order valence-corrected chi connectivity index (χ4v) is 2.44. The maximum Gasteiger partial charge on any atom is 0.227 e. The molecule has 1 saturated heterocycles. The highest BCUT2D eigenvalue weighted by Crippen LogP contribution is 2.28. The third-order valence-electron chi connectivity index (χ3n) is 2.81. The number of hydrogen-bond acceptors (Lipinski definition) is 2. The van der Waals surface area contributed by atoms with Gasteiger partial charge in [-0.15, -0.1) is 11.6 Å². The molecule has 3 nitrogen and oxygen atoms in total. The molecule has 0 N–H and O–H groups in total. The van der Waals surface area contributed by atoms with Crippen molar-refractivity contribution in [2.24, 2.45) is 5.92 Å². The van der Waals surface area contributed by atoms with Gasteiger partial charge in [0, 0.05) is 29.0 Å². The highest BCUT2D eigenvalue weighted by atomic mass is 79.9. The summed E-state index contributed by atoms with van der Waals surface area (Å²) < 4.78 is 0.740. The van der Waals surface area contributed by atoms with Crippen LogP contribution in [0.1, 0.15) is 12.0 Å². The number of benzene rings is 1. The van der Waals surface area contributed by atoms with Gasteiger partial charge < -0.3 is 4.90 Å². The second-order valence-corrected chi connectivity index (χ2v) is 5.17. The van der Waals surface area contributed by atoms with Crippen LogP contribution in [0.25, 0.3) is 0 Å². The van der Waals surface area contributed by atoms with E-state index in [2.05, 4.69) is 22.0 Å². The molecule has 1 heterocycles. The van der Waals surface area contributed by atoms with E-state index in [1.165, 1.54) is 0 Å². The molecule has 2 rings (SSSR count). The minimum atomic E-state index is 0.0712. The largest absolute Gasteiger partial charge is 0.312 e. The van der Waals surface area contributed by atoms with Crippen molar-refractivity contribution >= 4 is 39.1 Å². The summed E-state index contributed by atoms with van der Waals surface area (Å²) >= 11 is 9.06. The quantitative estimate of drug-likeness (QED) is 0.788. The number of anilines is 1. The van der Waals surface area contributed by atoms with Crippen LogP contribution in [0.3, 0.4) is 0 Å². The molecule has 1 aromatic carbocycles. The minimum Gasteiger partial charge on any atom is -0.312 e. The summed E-state index contributed by atoms with van der Waals surface area (Å²) in [5.41, 5.74) is 1.30. The van der Waals surface area contributed by atoms with E-state index in [1.807, 2.05) is 6.07 Å². The first-order valence-electron chi connectivity index (χ1n) is 5.21. The van der Waals surface area contributed by atoms with Gasteiger partial charge in [0.1, 0.15) is 6.07 Å². The van der Waals surface area contributed by atoms with Gasteiger partial charge in [0.05, 0.1) is 5.56 Å². The lowest BCUT2D eigenvalue weighted by Gasteiger charge is -2.16. The number of alkyl halides is 1. The van der Waals surface area contributed by atoms with Gasteiger partial charge in [-0.25, -0.2) is 0 Å². The van der Waals surface area contributed by atoms with Crippen LogP contribution in [-0.2, 0) is 4.79 Å². The lowest BCUT2D eigenvalue weighted by atomic mass is 10.1. The summed E-state index contributed by atoms with van der Waals surface area (Å²) in [4.78, 5) is 13.5. The Bertz CT molecular complexity index is 498. The van der Waals surface area contributed by atoms with Crippen molar-refractivity contribution < 1.29 is 4.79 Å². The number of nitrogens with zero attached hydrogens (tertiary/aromatic N) is 2. The molecule has 1 aliphatic rings. The molecule has 1 aromatic rings. The van der Waals surface area contributed by atoms with Crippen LogP contribution >= 0.6 is 27.5 Å². The van der Waals surface area contributed by atoms with Crippen LogP contribution < -0.4 is 4.90 Å². The Labute approximate surface area is 113 Å². The van der Waals surface area contributed by atoms with Crippen molar-refractivity contribution in [3.8, 4) is 6.07 Å². The van der Waals surface area contributed by atoms with E-state index >= 15 is 0 Å². The maximum absolute atomic E-state index is 11.8. The normalized spacial score (nSPS) is 19.5. The SMILES string of the molecule is N#Cc1cc(N2CC(CCl)CC2=O)ccc1Br. The third kappa shape index (κ3) is 2.46. The molecule has 0 aliphatic carbocycles. The zero-order valence-corrected chi connectivity index (χ0v) is 11.3.